The van der Waals surface area contributed by atoms with Gasteiger partial charge in [-0.25, -0.2) is 0 Å². The second kappa shape index (κ2) is 10.2. The fourth-order valence-corrected chi connectivity index (χ4v) is 4.68. The van der Waals surface area contributed by atoms with Crippen LogP contribution >= 0.6 is 22.9 Å². The van der Waals surface area contributed by atoms with E-state index in [0.717, 1.165) is 17.8 Å². The number of aromatic nitrogens is 2. The van der Waals surface area contributed by atoms with Gasteiger partial charge in [-0.1, -0.05) is 22.9 Å². The monoisotopic (exact) mass is 486 g/mol. The molecule has 4 rings (SSSR count). The summed E-state index contributed by atoms with van der Waals surface area (Å²) in [6.45, 7) is 1.16. The van der Waals surface area contributed by atoms with Gasteiger partial charge in [-0.3, -0.25) is 9.59 Å². The first-order valence-corrected chi connectivity index (χ1v) is 11.6. The van der Waals surface area contributed by atoms with E-state index in [1.54, 1.807) is 61.6 Å². The number of amides is 2. The van der Waals surface area contributed by atoms with E-state index in [1.807, 2.05) is 0 Å². The lowest BCUT2D eigenvalue weighted by Gasteiger charge is -2.31. The molecule has 33 heavy (non-hydrogen) atoms. The minimum atomic E-state index is -0.326. The van der Waals surface area contributed by atoms with Gasteiger partial charge in [0.2, 0.25) is 5.01 Å². The van der Waals surface area contributed by atoms with Gasteiger partial charge >= 0.3 is 0 Å². The summed E-state index contributed by atoms with van der Waals surface area (Å²) in [4.78, 5) is 27.5. The Bertz CT molecular complexity index is 1130. The van der Waals surface area contributed by atoms with Gasteiger partial charge in [0.05, 0.1) is 14.2 Å². The zero-order valence-corrected chi connectivity index (χ0v) is 19.8. The quantitative estimate of drug-likeness (QED) is 0.552. The Morgan fingerprint density at radius 2 is 1.79 bits per heavy atom. The van der Waals surface area contributed by atoms with Gasteiger partial charge in [-0.05, 0) is 49.2 Å². The minimum Gasteiger partial charge on any atom is -0.497 e. The molecule has 1 saturated heterocycles. The summed E-state index contributed by atoms with van der Waals surface area (Å²) >= 11 is 7.14. The smallest absolute Gasteiger partial charge is 0.286 e. The number of nitrogens with one attached hydrogen (secondary N) is 1. The van der Waals surface area contributed by atoms with Crippen molar-refractivity contribution in [2.45, 2.75) is 18.8 Å². The number of piperidine rings is 1. The normalized spacial score (nSPS) is 15.7. The number of hydrogen-bond acceptors (Lipinski definition) is 7. The molecule has 1 aliphatic rings. The van der Waals surface area contributed by atoms with Gasteiger partial charge in [0.1, 0.15) is 16.5 Å². The van der Waals surface area contributed by atoms with Crippen molar-refractivity contribution in [3.05, 3.63) is 63.1 Å². The van der Waals surface area contributed by atoms with E-state index < -0.39 is 0 Å². The summed E-state index contributed by atoms with van der Waals surface area (Å²) < 4.78 is 10.6. The van der Waals surface area contributed by atoms with E-state index in [4.69, 9.17) is 21.1 Å². The summed E-state index contributed by atoms with van der Waals surface area (Å²) in [6.07, 6.45) is 1.71. The summed E-state index contributed by atoms with van der Waals surface area (Å²) in [5, 5.41) is 12.7. The Labute approximate surface area is 200 Å². The van der Waals surface area contributed by atoms with Crippen molar-refractivity contribution in [1.82, 2.24) is 15.1 Å². The van der Waals surface area contributed by atoms with Gasteiger partial charge < -0.3 is 19.7 Å². The average molecular weight is 487 g/mol. The predicted octanol–water partition coefficient (Wildman–Crippen LogP) is 4.48. The molecule has 10 heteroatoms. The zero-order chi connectivity index (χ0) is 23.4. The van der Waals surface area contributed by atoms with Crippen LogP contribution in [-0.4, -0.2) is 54.2 Å². The predicted molar refractivity (Wildman–Crippen MR) is 127 cm³/mol. The maximum Gasteiger partial charge on any atom is 0.286 e. The number of ether oxygens (including phenoxy) is 2. The van der Waals surface area contributed by atoms with Crippen molar-refractivity contribution in [2.75, 3.05) is 32.6 Å². The molecule has 2 heterocycles. The van der Waals surface area contributed by atoms with Crippen molar-refractivity contribution < 1.29 is 19.1 Å². The number of carbonyl (C=O) groups excluding carboxylic acids is 2. The van der Waals surface area contributed by atoms with Crippen LogP contribution in [0.15, 0.2) is 42.5 Å². The number of benzene rings is 2. The Morgan fingerprint density at radius 1 is 1.09 bits per heavy atom. The third-order valence-electron chi connectivity index (χ3n) is 5.39. The molecule has 3 aromatic rings. The molecule has 1 aliphatic heterocycles. The van der Waals surface area contributed by atoms with Crippen LogP contribution < -0.4 is 14.8 Å². The molecule has 8 nitrogen and oxygen atoms in total. The molecule has 0 spiro atoms. The summed E-state index contributed by atoms with van der Waals surface area (Å²) in [7, 11) is 3.10. The fraction of sp³-hybridized carbons (Fsp3) is 0.304. The van der Waals surface area contributed by atoms with Crippen LogP contribution in [-0.2, 0) is 0 Å². The van der Waals surface area contributed by atoms with Gasteiger partial charge in [0, 0.05) is 41.3 Å². The van der Waals surface area contributed by atoms with E-state index in [-0.39, 0.29) is 22.7 Å². The SMILES string of the molecule is COc1cc(OC)cc(C(=O)N2CCC[C@H](c3nnc(C(=O)Nc4ccc(Cl)cc4)s3)C2)c1. The first-order valence-electron chi connectivity index (χ1n) is 10.4. The lowest BCUT2D eigenvalue weighted by atomic mass is 9.98. The van der Waals surface area contributed by atoms with Crippen molar-refractivity contribution in [3.63, 3.8) is 0 Å². The molecule has 172 valence electrons. The molecule has 0 bridgehead atoms. The third kappa shape index (κ3) is 5.43. The van der Waals surface area contributed by atoms with Crippen LogP contribution in [0.2, 0.25) is 5.02 Å². The van der Waals surface area contributed by atoms with Crippen LogP contribution in [0.5, 0.6) is 11.5 Å². The average Bonchev–Trinajstić information content (AvgIpc) is 3.35. The largest absolute Gasteiger partial charge is 0.497 e. The first-order chi connectivity index (χ1) is 16.0. The maximum atomic E-state index is 13.2. The number of anilines is 1. The Kier molecular flexibility index (Phi) is 7.10. The molecule has 0 aliphatic carbocycles. The standard InChI is InChI=1S/C23H23ClN4O4S/c1-31-18-10-15(11-19(12-18)32-2)23(30)28-9-3-4-14(13-28)21-26-27-22(33-21)20(29)25-17-7-5-16(24)6-8-17/h5-8,10-12,14H,3-4,9,13H2,1-2H3,(H,25,29)/t14-/m0/s1. The lowest BCUT2D eigenvalue weighted by Crippen LogP contribution is -2.39. The summed E-state index contributed by atoms with van der Waals surface area (Å²) in [6, 6.07) is 12.0. The van der Waals surface area contributed by atoms with Crippen LogP contribution in [0.3, 0.4) is 0 Å². The van der Waals surface area contributed by atoms with Crippen LogP contribution in [0.25, 0.3) is 0 Å². The van der Waals surface area contributed by atoms with Gasteiger partial charge in [-0.2, -0.15) is 0 Å². The molecular formula is C23H23ClN4O4S. The van der Waals surface area contributed by atoms with E-state index in [2.05, 4.69) is 15.5 Å². The van der Waals surface area contributed by atoms with E-state index in [9.17, 15) is 9.59 Å². The van der Waals surface area contributed by atoms with Crippen LogP contribution in [0.4, 0.5) is 5.69 Å². The second-order valence-electron chi connectivity index (χ2n) is 7.60. The number of halogens is 1. The summed E-state index contributed by atoms with van der Waals surface area (Å²) in [5.41, 5.74) is 1.14. The molecular weight excluding hydrogens is 464 g/mol. The van der Waals surface area contributed by atoms with Crippen molar-refractivity contribution in [1.29, 1.82) is 0 Å². The van der Waals surface area contributed by atoms with Crippen molar-refractivity contribution >= 4 is 40.4 Å². The lowest BCUT2D eigenvalue weighted by molar-refractivity contribution is 0.0706. The van der Waals surface area contributed by atoms with Gasteiger partial charge in [-0.15, -0.1) is 10.2 Å². The summed E-state index contributed by atoms with van der Waals surface area (Å²) in [5.74, 6) is 0.721. The third-order valence-corrected chi connectivity index (χ3v) is 6.73. The number of rotatable bonds is 6. The molecule has 1 atom stereocenters. The molecule has 0 unspecified atom stereocenters. The van der Waals surface area contributed by atoms with E-state index in [0.29, 0.717) is 40.9 Å². The Morgan fingerprint density at radius 3 is 2.45 bits per heavy atom. The Balaban J connectivity index is 1.44. The number of carbonyl (C=O) groups is 2. The van der Waals surface area contributed by atoms with E-state index >= 15 is 0 Å². The van der Waals surface area contributed by atoms with Crippen molar-refractivity contribution in [2.24, 2.45) is 0 Å². The molecule has 2 amide bonds. The van der Waals surface area contributed by atoms with E-state index in [1.165, 1.54) is 11.3 Å². The zero-order valence-electron chi connectivity index (χ0n) is 18.2. The fourth-order valence-electron chi connectivity index (χ4n) is 3.69. The molecule has 1 fully saturated rings. The van der Waals surface area contributed by atoms with Gasteiger partial charge in [0.15, 0.2) is 0 Å². The number of likely N-dealkylation sites (tertiary alicyclic amines) is 1. The van der Waals surface area contributed by atoms with Crippen LogP contribution in [0, 0.1) is 0 Å². The second-order valence-corrected chi connectivity index (χ2v) is 9.04. The molecule has 0 radical (unpaired) electrons. The number of methoxy groups -OCH3 is 2. The van der Waals surface area contributed by atoms with Crippen molar-refractivity contribution in [3.8, 4) is 11.5 Å². The number of nitrogens with zero attached hydrogens (tertiary/aromatic N) is 3. The Hall–Kier alpha value is -3.17. The maximum absolute atomic E-state index is 13.2. The molecule has 1 aromatic heterocycles. The highest BCUT2D eigenvalue weighted by molar-refractivity contribution is 7.13. The molecule has 0 saturated carbocycles. The highest BCUT2D eigenvalue weighted by atomic mass is 35.5. The van der Waals surface area contributed by atoms with Gasteiger partial charge in [0.25, 0.3) is 11.8 Å². The molecule has 1 N–H and O–H groups in total. The molecule has 2 aromatic carbocycles. The highest BCUT2D eigenvalue weighted by Crippen LogP contribution is 2.31. The van der Waals surface area contributed by atoms with Crippen LogP contribution in [0.1, 0.15) is 43.9 Å². The number of hydrogen-bond donors (Lipinski definition) is 1. The highest BCUT2D eigenvalue weighted by Gasteiger charge is 2.29. The first kappa shape index (κ1) is 23.0. The topological polar surface area (TPSA) is 93.7 Å². The minimum absolute atomic E-state index is 0.0183.